The summed E-state index contributed by atoms with van der Waals surface area (Å²) in [5.41, 5.74) is 8.64. The van der Waals surface area contributed by atoms with Crippen LogP contribution in [-0.4, -0.2) is 34.8 Å². The Morgan fingerprint density at radius 2 is 1.61 bits per heavy atom. The van der Waals surface area contributed by atoms with Crippen LogP contribution in [0.1, 0.15) is 11.1 Å². The number of aromatic nitrogens is 2. The molecule has 2 heterocycles. The maximum absolute atomic E-state index is 5.21. The van der Waals surface area contributed by atoms with Crippen LogP contribution in [0.25, 0.3) is 5.69 Å². The van der Waals surface area contributed by atoms with E-state index in [0.29, 0.717) is 17.4 Å². The number of thiol groups is 1. The summed E-state index contributed by atoms with van der Waals surface area (Å²) < 4.78 is 12.2. The van der Waals surface area contributed by atoms with Crippen molar-refractivity contribution in [2.45, 2.75) is 11.6 Å². The molecule has 4 rings (SSSR count). The second-order valence-corrected chi connectivity index (χ2v) is 6.51. The van der Waals surface area contributed by atoms with Gasteiger partial charge in [-0.2, -0.15) is 5.10 Å². The number of benzene rings is 2. The fourth-order valence-corrected chi connectivity index (χ4v) is 3.22. The van der Waals surface area contributed by atoms with Gasteiger partial charge in [0.1, 0.15) is 16.5 Å². The van der Waals surface area contributed by atoms with Gasteiger partial charge in [0.05, 0.1) is 38.2 Å². The normalized spacial score (nSPS) is 13.2. The van der Waals surface area contributed by atoms with E-state index in [2.05, 4.69) is 33.9 Å². The van der Waals surface area contributed by atoms with Crippen molar-refractivity contribution in [2.24, 2.45) is 5.10 Å². The lowest BCUT2D eigenvalue weighted by atomic mass is 10.2. The smallest absolute Gasteiger partial charge is 0.177 e. The lowest BCUT2D eigenvalue weighted by Crippen LogP contribution is -2.40. The van der Waals surface area contributed by atoms with Crippen LogP contribution in [0.5, 0.6) is 11.5 Å². The maximum atomic E-state index is 5.21. The van der Waals surface area contributed by atoms with E-state index in [1.165, 1.54) is 0 Å². The molecule has 9 heteroatoms. The Hall–Kier alpha value is -3.17. The summed E-state index contributed by atoms with van der Waals surface area (Å²) in [5.74, 6) is 2.32. The highest BCUT2D eigenvalue weighted by atomic mass is 32.1. The van der Waals surface area contributed by atoms with E-state index in [1.54, 1.807) is 25.1 Å². The van der Waals surface area contributed by atoms with Crippen molar-refractivity contribution in [3.05, 3.63) is 65.9 Å². The molecule has 0 radical (unpaired) electrons. The van der Waals surface area contributed by atoms with Gasteiger partial charge in [0.25, 0.3) is 0 Å². The van der Waals surface area contributed by atoms with Crippen molar-refractivity contribution >= 4 is 18.5 Å². The Bertz CT molecular complexity index is 985. The molecule has 0 saturated carbocycles. The summed E-state index contributed by atoms with van der Waals surface area (Å²) in [6, 6.07) is 15.5. The number of rotatable bonds is 6. The zero-order valence-corrected chi connectivity index (χ0v) is 16.4. The van der Waals surface area contributed by atoms with Gasteiger partial charge in [-0.1, -0.05) is 12.1 Å². The van der Waals surface area contributed by atoms with Gasteiger partial charge in [0, 0.05) is 0 Å². The fourth-order valence-electron chi connectivity index (χ4n) is 2.90. The minimum absolute atomic E-state index is 0.608. The molecule has 0 saturated heterocycles. The van der Waals surface area contributed by atoms with Crippen molar-refractivity contribution in [2.75, 3.05) is 14.2 Å². The average molecular weight is 396 g/mol. The van der Waals surface area contributed by atoms with Gasteiger partial charge in [-0.15, -0.1) is 23.3 Å². The average Bonchev–Trinajstić information content (AvgIpc) is 3.34. The Kier molecular flexibility index (Phi) is 5.09. The van der Waals surface area contributed by atoms with Crippen LogP contribution in [0.15, 0.2) is 64.9 Å². The van der Waals surface area contributed by atoms with E-state index in [-0.39, 0.29) is 0 Å². The van der Waals surface area contributed by atoms with Crippen LogP contribution >= 0.6 is 12.6 Å². The van der Waals surface area contributed by atoms with Gasteiger partial charge in [-0.05, 0) is 42.0 Å². The number of hydrogen-bond acceptors (Lipinski definition) is 8. The predicted octanol–water partition coefficient (Wildman–Crippen LogP) is 2.36. The summed E-state index contributed by atoms with van der Waals surface area (Å²) in [6.45, 7) is 0.608. The van der Waals surface area contributed by atoms with E-state index < -0.39 is 0 Å². The van der Waals surface area contributed by atoms with Crippen molar-refractivity contribution in [1.82, 2.24) is 25.9 Å². The van der Waals surface area contributed by atoms with E-state index >= 15 is 0 Å². The van der Waals surface area contributed by atoms with Gasteiger partial charge >= 0.3 is 0 Å². The first kappa shape index (κ1) is 18.2. The van der Waals surface area contributed by atoms with Crippen molar-refractivity contribution in [3.63, 3.8) is 0 Å². The Labute approximate surface area is 168 Å². The Balaban J connectivity index is 1.56. The van der Waals surface area contributed by atoms with E-state index in [9.17, 15) is 0 Å². The summed E-state index contributed by atoms with van der Waals surface area (Å²) in [5, 5.41) is 11.4. The quantitative estimate of drug-likeness (QED) is 0.556. The molecule has 144 valence electrons. The second-order valence-electron chi connectivity index (χ2n) is 6.08. The molecule has 2 N–H and O–H groups in total. The summed E-state index contributed by atoms with van der Waals surface area (Å²) in [7, 11) is 3.29. The zero-order valence-electron chi connectivity index (χ0n) is 15.5. The number of nitrogens with one attached hydrogen (secondary N) is 2. The van der Waals surface area contributed by atoms with E-state index in [0.717, 1.165) is 28.3 Å². The minimum atomic E-state index is 0.608. The molecular weight excluding hydrogens is 376 g/mol. The first-order valence-electron chi connectivity index (χ1n) is 8.60. The monoisotopic (exact) mass is 396 g/mol. The first-order chi connectivity index (χ1) is 13.7. The lowest BCUT2D eigenvalue weighted by Gasteiger charge is -2.19. The number of hydrogen-bond donors (Lipinski definition) is 3. The van der Waals surface area contributed by atoms with Gasteiger partial charge in [-0.3, -0.25) is 5.01 Å². The van der Waals surface area contributed by atoms with Gasteiger partial charge < -0.3 is 9.47 Å². The second kappa shape index (κ2) is 7.83. The lowest BCUT2D eigenvalue weighted by molar-refractivity contribution is 0.287. The third-order valence-electron chi connectivity index (χ3n) is 4.40. The van der Waals surface area contributed by atoms with Crippen LogP contribution in [-0.2, 0) is 6.54 Å². The number of hydrazone groups is 1. The highest BCUT2D eigenvalue weighted by Crippen LogP contribution is 2.23. The number of nitrogens with zero attached hydrogens (tertiary/aromatic N) is 4. The highest BCUT2D eigenvalue weighted by Gasteiger charge is 2.24. The summed E-state index contributed by atoms with van der Waals surface area (Å²) in [4.78, 5) is 0. The van der Waals surface area contributed by atoms with Crippen LogP contribution in [0.4, 0.5) is 0 Å². The van der Waals surface area contributed by atoms with Gasteiger partial charge in [-0.25, -0.2) is 10.2 Å². The first-order valence-corrected chi connectivity index (χ1v) is 9.05. The standard InChI is InChI=1S/C19H20N6O2S/c1-26-15-7-3-13(4-8-15)12-24-18(21-22-23-24)17-11-20-25(19(17)28)14-5-9-16(27-2)10-6-14/h3-11,22-23,28H,12H2,1-2H3. The molecule has 8 nitrogen and oxygen atoms in total. The predicted molar refractivity (Wildman–Crippen MR) is 109 cm³/mol. The van der Waals surface area contributed by atoms with Crippen molar-refractivity contribution in [3.8, 4) is 17.2 Å². The largest absolute Gasteiger partial charge is 0.497 e. The molecule has 28 heavy (non-hydrogen) atoms. The SMILES string of the molecule is COc1ccc(CN2NNN=C2c2cnn(-c3ccc(OC)cc3)c2S)cc1. The third kappa shape index (κ3) is 3.49. The molecule has 0 fully saturated rings. The minimum Gasteiger partial charge on any atom is -0.497 e. The molecule has 1 aliphatic heterocycles. The summed E-state index contributed by atoms with van der Waals surface area (Å²) in [6.07, 6.45) is 1.75. The molecule has 0 spiro atoms. The molecule has 1 aromatic heterocycles. The van der Waals surface area contributed by atoms with Crippen LogP contribution in [0.3, 0.4) is 0 Å². The Morgan fingerprint density at radius 3 is 2.25 bits per heavy atom. The van der Waals surface area contributed by atoms with Crippen LogP contribution in [0, 0.1) is 0 Å². The molecule has 3 aromatic rings. The number of hydrazine groups is 2. The van der Waals surface area contributed by atoms with Crippen LogP contribution in [0.2, 0.25) is 0 Å². The van der Waals surface area contributed by atoms with Crippen molar-refractivity contribution < 1.29 is 9.47 Å². The summed E-state index contributed by atoms with van der Waals surface area (Å²) >= 11 is 4.68. The molecule has 0 unspecified atom stereocenters. The molecule has 0 atom stereocenters. The zero-order chi connectivity index (χ0) is 19.5. The van der Waals surface area contributed by atoms with Gasteiger partial charge in [0.2, 0.25) is 0 Å². The molecule has 0 bridgehead atoms. The highest BCUT2D eigenvalue weighted by molar-refractivity contribution is 7.80. The van der Waals surface area contributed by atoms with Crippen molar-refractivity contribution in [1.29, 1.82) is 0 Å². The number of ether oxygens (including phenoxy) is 2. The number of amidine groups is 1. The van der Waals surface area contributed by atoms with E-state index in [4.69, 9.17) is 9.47 Å². The molecule has 2 aromatic carbocycles. The molecule has 0 amide bonds. The molecular formula is C19H20N6O2S. The fraction of sp³-hybridized carbons (Fsp3) is 0.158. The Morgan fingerprint density at radius 1 is 0.964 bits per heavy atom. The number of methoxy groups -OCH3 is 2. The third-order valence-corrected chi connectivity index (χ3v) is 4.83. The van der Waals surface area contributed by atoms with Gasteiger partial charge in [0.15, 0.2) is 5.84 Å². The topological polar surface area (TPSA) is 75.9 Å². The van der Waals surface area contributed by atoms with Crippen LogP contribution < -0.4 is 20.5 Å². The maximum Gasteiger partial charge on any atom is 0.177 e. The van der Waals surface area contributed by atoms with E-state index in [1.807, 2.05) is 53.5 Å². The molecule has 0 aliphatic carbocycles. The molecule has 1 aliphatic rings.